The van der Waals surface area contributed by atoms with Gasteiger partial charge in [0.05, 0.1) is 25.2 Å². The molecule has 0 spiro atoms. The molecule has 6 heteroatoms. The SMILES string of the molecule is CC(O)CCC1CC2=C(NOCCC(=O)O)CC2C1O. The third-order valence-corrected chi connectivity index (χ3v) is 4.21. The molecule has 2 rings (SSSR count). The van der Waals surface area contributed by atoms with Crippen molar-refractivity contribution in [2.24, 2.45) is 11.8 Å². The van der Waals surface area contributed by atoms with E-state index in [1.807, 2.05) is 0 Å². The first-order chi connectivity index (χ1) is 9.49. The van der Waals surface area contributed by atoms with Gasteiger partial charge in [0, 0.05) is 11.6 Å². The van der Waals surface area contributed by atoms with E-state index in [1.54, 1.807) is 6.92 Å². The Bertz CT molecular complexity index is 393. The molecule has 0 heterocycles. The summed E-state index contributed by atoms with van der Waals surface area (Å²) in [5.41, 5.74) is 4.99. The number of carboxylic acid groups (broad SMARTS) is 1. The summed E-state index contributed by atoms with van der Waals surface area (Å²) in [4.78, 5) is 15.5. The van der Waals surface area contributed by atoms with Crippen LogP contribution in [0.2, 0.25) is 0 Å². The molecule has 0 aromatic carbocycles. The molecule has 4 N–H and O–H groups in total. The number of nitrogens with one attached hydrogen (secondary N) is 1. The Labute approximate surface area is 118 Å². The molecule has 1 saturated carbocycles. The molecule has 0 saturated heterocycles. The normalized spacial score (nSPS) is 29.9. The number of fused-ring (bicyclic) bond motifs is 1. The minimum atomic E-state index is -0.884. The molecule has 20 heavy (non-hydrogen) atoms. The van der Waals surface area contributed by atoms with Crippen LogP contribution >= 0.6 is 0 Å². The van der Waals surface area contributed by atoms with Crippen LogP contribution in [0.3, 0.4) is 0 Å². The van der Waals surface area contributed by atoms with Gasteiger partial charge >= 0.3 is 5.97 Å². The fourth-order valence-corrected chi connectivity index (χ4v) is 3.01. The maximum absolute atomic E-state index is 10.3. The Morgan fingerprint density at radius 1 is 1.50 bits per heavy atom. The van der Waals surface area contributed by atoms with Gasteiger partial charge in [-0.25, -0.2) is 0 Å². The van der Waals surface area contributed by atoms with Crippen molar-refractivity contribution in [3.63, 3.8) is 0 Å². The zero-order valence-electron chi connectivity index (χ0n) is 11.7. The molecule has 4 unspecified atom stereocenters. The molecular weight excluding hydrogens is 262 g/mol. The van der Waals surface area contributed by atoms with E-state index in [4.69, 9.17) is 9.94 Å². The standard InChI is InChI=1S/C14H23NO5/c1-8(16)2-3-9-6-10-11(14(9)19)7-12(10)15-20-5-4-13(17)18/h8-9,11,14-16,19H,2-7H2,1H3,(H,17,18). The van der Waals surface area contributed by atoms with Gasteiger partial charge in [-0.3, -0.25) is 15.1 Å². The fraction of sp³-hybridized carbons (Fsp3) is 0.786. The van der Waals surface area contributed by atoms with Crippen LogP contribution in [0.15, 0.2) is 11.3 Å². The molecule has 0 amide bonds. The highest BCUT2D eigenvalue weighted by Gasteiger charge is 2.45. The smallest absolute Gasteiger partial charge is 0.305 e. The summed E-state index contributed by atoms with van der Waals surface area (Å²) in [7, 11) is 0. The highest BCUT2D eigenvalue weighted by molar-refractivity contribution is 5.66. The van der Waals surface area contributed by atoms with Crippen LogP contribution in [0, 0.1) is 11.8 Å². The second kappa shape index (κ2) is 6.56. The molecule has 0 aromatic rings. The number of allylic oxidation sites excluding steroid dienone is 1. The highest BCUT2D eigenvalue weighted by atomic mass is 16.6. The van der Waals surface area contributed by atoms with E-state index in [2.05, 4.69) is 5.48 Å². The average Bonchev–Trinajstić information content (AvgIpc) is 2.58. The summed E-state index contributed by atoms with van der Waals surface area (Å²) >= 11 is 0. The molecule has 2 aliphatic rings. The van der Waals surface area contributed by atoms with Crippen molar-refractivity contribution in [3.05, 3.63) is 11.3 Å². The lowest BCUT2D eigenvalue weighted by Crippen LogP contribution is -2.32. The molecule has 0 bridgehead atoms. The van der Waals surface area contributed by atoms with E-state index in [0.29, 0.717) is 6.42 Å². The predicted molar refractivity (Wildman–Crippen MR) is 71.5 cm³/mol. The maximum Gasteiger partial charge on any atom is 0.305 e. The van der Waals surface area contributed by atoms with Gasteiger partial charge < -0.3 is 15.3 Å². The number of hydrogen-bond donors (Lipinski definition) is 4. The first-order valence-corrected chi connectivity index (χ1v) is 7.16. The minimum absolute atomic E-state index is 0.0291. The van der Waals surface area contributed by atoms with Gasteiger partial charge in [0.2, 0.25) is 0 Å². The minimum Gasteiger partial charge on any atom is -0.481 e. The number of carbonyl (C=O) groups is 1. The maximum atomic E-state index is 10.3. The van der Waals surface area contributed by atoms with E-state index in [1.165, 1.54) is 5.57 Å². The summed E-state index contributed by atoms with van der Waals surface area (Å²) < 4.78 is 0. The van der Waals surface area contributed by atoms with Crippen molar-refractivity contribution >= 4 is 5.97 Å². The third-order valence-electron chi connectivity index (χ3n) is 4.21. The van der Waals surface area contributed by atoms with Gasteiger partial charge in [-0.05, 0) is 44.1 Å². The predicted octanol–water partition coefficient (Wildman–Crippen LogP) is 0.798. The number of aliphatic hydroxyl groups excluding tert-OH is 2. The Morgan fingerprint density at radius 2 is 2.25 bits per heavy atom. The van der Waals surface area contributed by atoms with Crippen LogP contribution in [0.4, 0.5) is 0 Å². The summed E-state index contributed by atoms with van der Waals surface area (Å²) in [6, 6.07) is 0. The van der Waals surface area contributed by atoms with Crippen LogP contribution in [0.1, 0.15) is 39.0 Å². The largest absolute Gasteiger partial charge is 0.481 e. The summed E-state index contributed by atoms with van der Waals surface area (Å²) in [6.45, 7) is 1.89. The average molecular weight is 285 g/mol. The monoisotopic (exact) mass is 285 g/mol. The van der Waals surface area contributed by atoms with Gasteiger partial charge in [0.25, 0.3) is 0 Å². The molecule has 2 aliphatic carbocycles. The van der Waals surface area contributed by atoms with E-state index in [0.717, 1.165) is 25.0 Å². The molecule has 0 aliphatic heterocycles. The number of aliphatic hydroxyl groups is 2. The molecule has 4 atom stereocenters. The van der Waals surface area contributed by atoms with Crippen molar-refractivity contribution in [2.75, 3.05) is 6.61 Å². The molecule has 6 nitrogen and oxygen atoms in total. The molecule has 0 aromatic heterocycles. The second-order valence-electron chi connectivity index (χ2n) is 5.79. The number of rotatable bonds is 8. The van der Waals surface area contributed by atoms with E-state index in [9.17, 15) is 15.0 Å². The summed E-state index contributed by atoms with van der Waals surface area (Å²) in [6.07, 6.45) is 2.45. The van der Waals surface area contributed by atoms with E-state index >= 15 is 0 Å². The lowest BCUT2D eigenvalue weighted by molar-refractivity contribution is -0.138. The van der Waals surface area contributed by atoms with Gasteiger partial charge in [-0.1, -0.05) is 0 Å². The highest BCUT2D eigenvalue weighted by Crippen LogP contribution is 2.49. The van der Waals surface area contributed by atoms with Crippen LogP contribution in [0.5, 0.6) is 0 Å². The topological polar surface area (TPSA) is 99.0 Å². The molecular formula is C14H23NO5. The molecule has 114 valence electrons. The zero-order valence-corrected chi connectivity index (χ0v) is 11.7. The van der Waals surface area contributed by atoms with Crippen molar-refractivity contribution < 1.29 is 25.0 Å². The van der Waals surface area contributed by atoms with Gasteiger partial charge in [-0.15, -0.1) is 0 Å². The lowest BCUT2D eigenvalue weighted by Gasteiger charge is -2.30. The van der Waals surface area contributed by atoms with Gasteiger partial charge in [0.15, 0.2) is 0 Å². The second-order valence-corrected chi connectivity index (χ2v) is 5.79. The lowest BCUT2D eigenvalue weighted by atomic mass is 9.83. The van der Waals surface area contributed by atoms with Gasteiger partial charge in [0.1, 0.15) is 0 Å². The summed E-state index contributed by atoms with van der Waals surface area (Å²) in [5, 5.41) is 28.0. The van der Waals surface area contributed by atoms with Crippen molar-refractivity contribution in [1.82, 2.24) is 5.48 Å². The Kier molecular flexibility index (Phi) is 5.01. The van der Waals surface area contributed by atoms with Gasteiger partial charge in [-0.2, -0.15) is 0 Å². The zero-order chi connectivity index (χ0) is 14.7. The third kappa shape index (κ3) is 3.50. The van der Waals surface area contributed by atoms with E-state index in [-0.39, 0.29) is 37.1 Å². The fourth-order valence-electron chi connectivity index (χ4n) is 3.01. The number of hydroxylamine groups is 1. The Balaban J connectivity index is 1.77. The van der Waals surface area contributed by atoms with Crippen LogP contribution in [0.25, 0.3) is 0 Å². The number of carboxylic acids is 1. The van der Waals surface area contributed by atoms with Crippen LogP contribution < -0.4 is 5.48 Å². The number of hydrogen-bond acceptors (Lipinski definition) is 5. The first-order valence-electron chi connectivity index (χ1n) is 7.16. The van der Waals surface area contributed by atoms with Crippen molar-refractivity contribution in [3.8, 4) is 0 Å². The summed E-state index contributed by atoms with van der Waals surface area (Å²) in [5.74, 6) is -0.465. The molecule has 0 radical (unpaired) electrons. The van der Waals surface area contributed by atoms with Crippen molar-refractivity contribution in [1.29, 1.82) is 0 Å². The first kappa shape index (κ1) is 15.3. The Morgan fingerprint density at radius 3 is 2.90 bits per heavy atom. The van der Waals surface area contributed by atoms with Crippen molar-refractivity contribution in [2.45, 2.75) is 51.2 Å². The number of aliphatic carboxylic acids is 1. The quantitative estimate of drug-likeness (QED) is 0.389. The Hall–Kier alpha value is -1.11. The van der Waals surface area contributed by atoms with Crippen LogP contribution in [-0.2, 0) is 9.63 Å². The van der Waals surface area contributed by atoms with E-state index < -0.39 is 5.97 Å². The van der Waals surface area contributed by atoms with Crippen LogP contribution in [-0.4, -0.2) is 40.1 Å². The molecule has 1 fully saturated rings.